The Morgan fingerprint density at radius 3 is 2.56 bits per heavy atom. The second kappa shape index (κ2) is 4.86. The van der Waals surface area contributed by atoms with Crippen LogP contribution in [0.2, 0.25) is 0 Å². The Morgan fingerprint density at radius 2 is 2.19 bits per heavy atom. The van der Waals surface area contributed by atoms with E-state index in [1.54, 1.807) is 4.90 Å². The summed E-state index contributed by atoms with van der Waals surface area (Å²) in [7, 11) is 0. The molecule has 0 aromatic carbocycles. The molecule has 1 unspecified atom stereocenters. The van der Waals surface area contributed by atoms with Crippen LogP contribution >= 0.6 is 0 Å². The fraction of sp³-hybridized carbons (Fsp3) is 0.846. The summed E-state index contributed by atoms with van der Waals surface area (Å²) < 4.78 is 0. The van der Waals surface area contributed by atoms with Crippen LogP contribution in [0.3, 0.4) is 0 Å². The molecule has 1 atom stereocenters. The van der Waals surface area contributed by atoms with Crippen molar-refractivity contribution in [2.24, 2.45) is 11.3 Å². The summed E-state index contributed by atoms with van der Waals surface area (Å²) in [4.78, 5) is 14.1. The summed E-state index contributed by atoms with van der Waals surface area (Å²) in [5.41, 5.74) is 0.0969. The molecule has 1 amide bonds. The minimum Gasteiger partial charge on any atom is -0.327 e. The Morgan fingerprint density at radius 1 is 1.56 bits per heavy atom. The van der Waals surface area contributed by atoms with E-state index in [4.69, 9.17) is 5.26 Å². The summed E-state index contributed by atoms with van der Waals surface area (Å²) in [6, 6.07) is 2.20. The average Bonchev–Trinajstić information content (AvgIpc) is 2.53. The molecule has 0 radical (unpaired) electrons. The third kappa shape index (κ3) is 2.55. The Hall–Kier alpha value is -1.04. The minimum absolute atomic E-state index is 0.0969. The van der Waals surface area contributed by atoms with Crippen molar-refractivity contribution in [3.05, 3.63) is 0 Å². The molecule has 0 aliphatic heterocycles. The number of nitriles is 1. The highest BCUT2D eigenvalue weighted by atomic mass is 16.2. The molecule has 3 heteroatoms. The van der Waals surface area contributed by atoms with Gasteiger partial charge in [0, 0.05) is 12.0 Å². The number of rotatable bonds is 3. The Labute approximate surface area is 98.4 Å². The van der Waals surface area contributed by atoms with E-state index in [1.165, 1.54) is 0 Å². The molecule has 1 rings (SSSR count). The highest BCUT2D eigenvalue weighted by Gasteiger charge is 2.41. The van der Waals surface area contributed by atoms with Crippen LogP contribution in [-0.2, 0) is 4.79 Å². The van der Waals surface area contributed by atoms with Crippen LogP contribution < -0.4 is 0 Å². The molecule has 1 saturated carbocycles. The molecular weight excluding hydrogens is 200 g/mol. The van der Waals surface area contributed by atoms with E-state index >= 15 is 0 Å². The first-order valence-electron chi connectivity index (χ1n) is 6.07. The van der Waals surface area contributed by atoms with Crippen LogP contribution in [0, 0.1) is 22.7 Å². The summed E-state index contributed by atoms with van der Waals surface area (Å²) in [5, 5.41) is 8.76. The monoisotopic (exact) mass is 222 g/mol. The van der Waals surface area contributed by atoms with Gasteiger partial charge in [0.15, 0.2) is 0 Å². The van der Waals surface area contributed by atoms with E-state index in [2.05, 4.69) is 19.9 Å². The number of amides is 1. The Kier molecular flexibility index (Phi) is 3.96. The molecule has 0 aromatic rings. The molecule has 3 nitrogen and oxygen atoms in total. The maximum atomic E-state index is 12.4. The van der Waals surface area contributed by atoms with Crippen molar-refractivity contribution >= 4 is 5.91 Å². The fourth-order valence-corrected chi connectivity index (χ4v) is 2.58. The molecule has 0 spiro atoms. The van der Waals surface area contributed by atoms with Gasteiger partial charge in [-0.2, -0.15) is 5.26 Å². The first kappa shape index (κ1) is 13.0. The zero-order valence-corrected chi connectivity index (χ0v) is 10.8. The topological polar surface area (TPSA) is 44.1 Å². The molecule has 0 bridgehead atoms. The van der Waals surface area contributed by atoms with Crippen LogP contribution in [0.25, 0.3) is 0 Å². The largest absolute Gasteiger partial charge is 0.327 e. The smallest absolute Gasteiger partial charge is 0.227 e. The van der Waals surface area contributed by atoms with Crippen molar-refractivity contribution < 1.29 is 4.79 Å². The van der Waals surface area contributed by atoms with Crippen LogP contribution in [0.1, 0.15) is 47.0 Å². The van der Waals surface area contributed by atoms with Gasteiger partial charge < -0.3 is 4.90 Å². The molecular formula is C13H22N2O. The van der Waals surface area contributed by atoms with Crippen LogP contribution in [-0.4, -0.2) is 23.4 Å². The molecule has 1 fully saturated rings. The van der Waals surface area contributed by atoms with Crippen molar-refractivity contribution in [2.75, 3.05) is 6.54 Å². The van der Waals surface area contributed by atoms with Gasteiger partial charge in [0.1, 0.15) is 6.54 Å². The summed E-state index contributed by atoms with van der Waals surface area (Å²) >= 11 is 0. The third-order valence-electron chi connectivity index (χ3n) is 3.70. The van der Waals surface area contributed by atoms with Crippen LogP contribution in [0.5, 0.6) is 0 Å². The van der Waals surface area contributed by atoms with Gasteiger partial charge in [-0.25, -0.2) is 0 Å². The number of hydrogen-bond acceptors (Lipinski definition) is 2. The zero-order valence-electron chi connectivity index (χ0n) is 10.8. The van der Waals surface area contributed by atoms with Gasteiger partial charge in [0.25, 0.3) is 0 Å². The van der Waals surface area contributed by atoms with Crippen LogP contribution in [0.15, 0.2) is 0 Å². The van der Waals surface area contributed by atoms with Crippen molar-refractivity contribution in [1.29, 1.82) is 5.26 Å². The number of nitrogens with zero attached hydrogens (tertiary/aromatic N) is 2. The second-order valence-corrected chi connectivity index (χ2v) is 5.65. The number of carbonyl (C=O) groups excluding carboxylic acids is 1. The van der Waals surface area contributed by atoms with E-state index in [9.17, 15) is 4.79 Å². The molecule has 0 N–H and O–H groups in total. The maximum absolute atomic E-state index is 12.4. The minimum atomic E-state index is 0.0969. The van der Waals surface area contributed by atoms with E-state index in [0.717, 1.165) is 19.3 Å². The zero-order chi connectivity index (χ0) is 12.3. The summed E-state index contributed by atoms with van der Waals surface area (Å²) in [6.07, 6.45) is 3.21. The van der Waals surface area contributed by atoms with E-state index < -0.39 is 0 Å². The summed E-state index contributed by atoms with van der Waals surface area (Å²) in [5.74, 6) is 0.266. The van der Waals surface area contributed by atoms with E-state index in [1.807, 2.05) is 13.8 Å². The van der Waals surface area contributed by atoms with Gasteiger partial charge in [-0.05, 0) is 32.1 Å². The molecule has 0 aromatic heterocycles. The molecule has 90 valence electrons. The maximum Gasteiger partial charge on any atom is 0.227 e. The second-order valence-electron chi connectivity index (χ2n) is 5.65. The number of carbonyl (C=O) groups is 1. The van der Waals surface area contributed by atoms with Crippen LogP contribution in [0.4, 0.5) is 0 Å². The van der Waals surface area contributed by atoms with Gasteiger partial charge in [-0.1, -0.05) is 20.3 Å². The van der Waals surface area contributed by atoms with E-state index in [-0.39, 0.29) is 29.8 Å². The van der Waals surface area contributed by atoms with Gasteiger partial charge >= 0.3 is 0 Å². The lowest BCUT2D eigenvalue weighted by atomic mass is 9.81. The Balaban J connectivity index is 2.79. The molecule has 1 aliphatic carbocycles. The quantitative estimate of drug-likeness (QED) is 0.689. The lowest BCUT2D eigenvalue weighted by Crippen LogP contribution is -2.43. The van der Waals surface area contributed by atoms with Gasteiger partial charge in [-0.15, -0.1) is 0 Å². The van der Waals surface area contributed by atoms with Gasteiger partial charge in [-0.3, -0.25) is 4.79 Å². The first-order chi connectivity index (χ1) is 7.40. The lowest BCUT2D eigenvalue weighted by molar-refractivity contribution is -0.139. The molecule has 1 aliphatic rings. The highest BCUT2D eigenvalue weighted by Crippen LogP contribution is 2.43. The summed E-state index contributed by atoms with van der Waals surface area (Å²) in [6.45, 7) is 8.47. The predicted octanol–water partition coefficient (Wildman–Crippen LogP) is 2.57. The predicted molar refractivity (Wildman–Crippen MR) is 63.6 cm³/mol. The van der Waals surface area contributed by atoms with E-state index in [0.29, 0.717) is 0 Å². The van der Waals surface area contributed by atoms with Gasteiger partial charge in [0.2, 0.25) is 5.91 Å². The molecule has 0 heterocycles. The normalized spacial score (nSPS) is 23.1. The van der Waals surface area contributed by atoms with Crippen molar-refractivity contribution in [3.63, 3.8) is 0 Å². The SMILES string of the molecule is CC(C)N(CC#N)C(=O)C1CCCC1(C)C. The molecule has 16 heavy (non-hydrogen) atoms. The van der Waals surface area contributed by atoms with Crippen molar-refractivity contribution in [2.45, 2.75) is 53.0 Å². The van der Waals surface area contributed by atoms with Crippen molar-refractivity contribution in [1.82, 2.24) is 4.90 Å². The Bertz CT molecular complexity index is 302. The fourth-order valence-electron chi connectivity index (χ4n) is 2.58. The lowest BCUT2D eigenvalue weighted by Gasteiger charge is -2.33. The standard InChI is InChI=1S/C13H22N2O/c1-10(2)15(9-8-14)12(16)11-6-5-7-13(11,3)4/h10-11H,5-7,9H2,1-4H3. The number of hydrogen-bond donors (Lipinski definition) is 0. The molecule has 0 saturated heterocycles. The highest BCUT2D eigenvalue weighted by molar-refractivity contribution is 5.80. The first-order valence-corrected chi connectivity index (χ1v) is 6.07. The average molecular weight is 222 g/mol. The third-order valence-corrected chi connectivity index (χ3v) is 3.70. The van der Waals surface area contributed by atoms with Crippen molar-refractivity contribution in [3.8, 4) is 6.07 Å². The van der Waals surface area contributed by atoms with Gasteiger partial charge in [0.05, 0.1) is 6.07 Å².